The van der Waals surface area contributed by atoms with Crippen LogP contribution in [0.15, 0.2) is 59.4 Å². The molecular weight excluding hydrogens is 376 g/mol. The molecule has 2 heterocycles. The Balaban J connectivity index is 1.69. The summed E-state index contributed by atoms with van der Waals surface area (Å²) >= 11 is 5.66. The van der Waals surface area contributed by atoms with Gasteiger partial charge in [0.1, 0.15) is 11.7 Å². The summed E-state index contributed by atoms with van der Waals surface area (Å²) in [5.41, 5.74) is 1.44. The van der Waals surface area contributed by atoms with Crippen molar-refractivity contribution in [3.63, 3.8) is 0 Å². The predicted octanol–water partition coefficient (Wildman–Crippen LogP) is 2.27. The molecule has 1 aromatic heterocycles. The molecule has 6 nitrogen and oxygen atoms in total. The van der Waals surface area contributed by atoms with Crippen molar-refractivity contribution in [2.45, 2.75) is 6.54 Å². The number of carbonyl (C=O) groups is 1. The lowest BCUT2D eigenvalue weighted by Crippen LogP contribution is -2.49. The average Bonchev–Trinajstić information content (AvgIpc) is 2.74. The van der Waals surface area contributed by atoms with E-state index in [-0.39, 0.29) is 17.3 Å². The van der Waals surface area contributed by atoms with Crippen molar-refractivity contribution < 1.29 is 4.79 Å². The monoisotopic (exact) mass is 396 g/mol. The first-order valence-corrected chi connectivity index (χ1v) is 9.83. The normalized spacial score (nSPS) is 15.1. The predicted molar refractivity (Wildman–Crippen MR) is 110 cm³/mol. The lowest BCUT2D eigenvalue weighted by Gasteiger charge is -2.34. The second-order valence-electron chi connectivity index (χ2n) is 6.81. The molecule has 2 aromatic carbocycles. The summed E-state index contributed by atoms with van der Waals surface area (Å²) in [6.45, 7) is 3.25. The van der Waals surface area contributed by atoms with Crippen LogP contribution in [0, 0.1) is 0 Å². The highest BCUT2D eigenvalue weighted by Gasteiger charge is 2.22. The largest absolute Gasteiger partial charge is 0.339 e. The van der Waals surface area contributed by atoms with Crippen LogP contribution in [-0.4, -0.2) is 57.3 Å². The fraction of sp³-hybridized carbons (Fsp3) is 0.286. The van der Waals surface area contributed by atoms with Crippen molar-refractivity contribution >= 4 is 28.4 Å². The SMILES string of the molecule is O=C(CCl)N1CCN(Cc2nc3ccccc3c(=O)n2-c2ccccc2)CC1. The number of halogens is 1. The molecule has 0 saturated carbocycles. The van der Waals surface area contributed by atoms with Gasteiger partial charge in [0.2, 0.25) is 5.91 Å². The molecular formula is C21H21ClN4O2. The zero-order valence-electron chi connectivity index (χ0n) is 15.4. The van der Waals surface area contributed by atoms with Gasteiger partial charge in [-0.2, -0.15) is 0 Å². The van der Waals surface area contributed by atoms with Gasteiger partial charge < -0.3 is 4.90 Å². The van der Waals surface area contributed by atoms with Crippen molar-refractivity contribution in [2.75, 3.05) is 32.1 Å². The number of piperazine rings is 1. The van der Waals surface area contributed by atoms with Gasteiger partial charge in [-0.15, -0.1) is 11.6 Å². The molecule has 1 amide bonds. The topological polar surface area (TPSA) is 58.4 Å². The zero-order valence-corrected chi connectivity index (χ0v) is 16.2. The number of carbonyl (C=O) groups excluding carboxylic acids is 1. The molecule has 0 unspecified atom stereocenters. The molecule has 1 aliphatic heterocycles. The first-order valence-electron chi connectivity index (χ1n) is 9.29. The Morgan fingerprint density at radius 2 is 1.64 bits per heavy atom. The van der Waals surface area contributed by atoms with Gasteiger partial charge in [0, 0.05) is 26.2 Å². The van der Waals surface area contributed by atoms with Crippen LogP contribution < -0.4 is 5.56 Å². The summed E-state index contributed by atoms with van der Waals surface area (Å²) in [4.78, 5) is 33.8. The number of hydrogen-bond acceptors (Lipinski definition) is 4. The first-order chi connectivity index (χ1) is 13.7. The maximum absolute atomic E-state index is 13.2. The lowest BCUT2D eigenvalue weighted by molar-refractivity contribution is -0.130. The van der Waals surface area contributed by atoms with Crippen molar-refractivity contribution in [1.82, 2.24) is 19.4 Å². The number of fused-ring (bicyclic) bond motifs is 1. The summed E-state index contributed by atoms with van der Waals surface area (Å²) in [5, 5.41) is 0.604. The number of nitrogens with zero attached hydrogens (tertiary/aromatic N) is 4. The van der Waals surface area contributed by atoms with Gasteiger partial charge in [0.15, 0.2) is 0 Å². The summed E-state index contributed by atoms with van der Waals surface area (Å²) in [7, 11) is 0. The van der Waals surface area contributed by atoms with Gasteiger partial charge >= 0.3 is 0 Å². The third kappa shape index (κ3) is 3.66. The van der Waals surface area contributed by atoms with E-state index in [0.29, 0.717) is 36.4 Å². The van der Waals surface area contributed by atoms with E-state index in [1.165, 1.54) is 0 Å². The van der Waals surface area contributed by atoms with E-state index in [9.17, 15) is 9.59 Å². The number of para-hydroxylation sites is 2. The van der Waals surface area contributed by atoms with E-state index >= 15 is 0 Å². The zero-order chi connectivity index (χ0) is 19.5. The Bertz CT molecular complexity index is 1040. The number of benzene rings is 2. The third-order valence-corrected chi connectivity index (χ3v) is 5.29. The molecule has 0 spiro atoms. The third-order valence-electron chi connectivity index (χ3n) is 5.06. The first kappa shape index (κ1) is 18.7. The lowest BCUT2D eigenvalue weighted by atomic mass is 10.2. The molecule has 1 fully saturated rings. The molecule has 0 radical (unpaired) electrons. The smallest absolute Gasteiger partial charge is 0.266 e. The highest BCUT2D eigenvalue weighted by atomic mass is 35.5. The second-order valence-corrected chi connectivity index (χ2v) is 7.08. The highest BCUT2D eigenvalue weighted by Crippen LogP contribution is 2.15. The van der Waals surface area contributed by atoms with Crippen LogP contribution >= 0.6 is 11.6 Å². The Kier molecular flexibility index (Phi) is 5.41. The number of rotatable bonds is 4. The molecule has 28 heavy (non-hydrogen) atoms. The Morgan fingerprint density at radius 1 is 0.964 bits per heavy atom. The van der Waals surface area contributed by atoms with Crippen molar-refractivity contribution in [2.24, 2.45) is 0 Å². The van der Waals surface area contributed by atoms with Gasteiger partial charge in [-0.05, 0) is 24.3 Å². The van der Waals surface area contributed by atoms with E-state index in [1.807, 2.05) is 54.6 Å². The summed E-state index contributed by atoms with van der Waals surface area (Å²) < 4.78 is 1.69. The molecule has 0 atom stereocenters. The van der Waals surface area contributed by atoms with Gasteiger partial charge in [0.05, 0.1) is 23.1 Å². The quantitative estimate of drug-likeness (QED) is 0.635. The van der Waals surface area contributed by atoms with Crippen LogP contribution in [0.25, 0.3) is 16.6 Å². The average molecular weight is 397 g/mol. The minimum atomic E-state index is -0.0669. The molecule has 3 aromatic rings. The van der Waals surface area contributed by atoms with Crippen LogP contribution in [-0.2, 0) is 11.3 Å². The Morgan fingerprint density at radius 3 is 2.36 bits per heavy atom. The van der Waals surface area contributed by atoms with E-state index in [1.54, 1.807) is 9.47 Å². The van der Waals surface area contributed by atoms with E-state index in [0.717, 1.165) is 18.8 Å². The molecule has 0 bridgehead atoms. The molecule has 0 N–H and O–H groups in total. The van der Waals surface area contributed by atoms with Gasteiger partial charge in [0.25, 0.3) is 5.56 Å². The van der Waals surface area contributed by atoms with E-state index in [2.05, 4.69) is 4.90 Å². The van der Waals surface area contributed by atoms with Crippen LogP contribution in [0.5, 0.6) is 0 Å². The van der Waals surface area contributed by atoms with Gasteiger partial charge in [-0.25, -0.2) is 4.98 Å². The van der Waals surface area contributed by atoms with Crippen molar-refractivity contribution in [1.29, 1.82) is 0 Å². The minimum absolute atomic E-state index is 0.0137. The van der Waals surface area contributed by atoms with Crippen LogP contribution in [0.1, 0.15) is 5.82 Å². The number of amides is 1. The summed E-state index contributed by atoms with van der Waals surface area (Å²) in [5.74, 6) is 0.679. The molecule has 144 valence electrons. The van der Waals surface area contributed by atoms with Crippen LogP contribution in [0.2, 0.25) is 0 Å². The number of alkyl halides is 1. The van der Waals surface area contributed by atoms with Crippen molar-refractivity contribution in [3.8, 4) is 5.69 Å². The Labute approximate surface area is 168 Å². The molecule has 1 aliphatic rings. The molecule has 7 heteroatoms. The van der Waals surface area contributed by atoms with Crippen LogP contribution in [0.3, 0.4) is 0 Å². The summed E-state index contributed by atoms with van der Waals surface area (Å²) in [6, 6.07) is 17.0. The summed E-state index contributed by atoms with van der Waals surface area (Å²) in [6.07, 6.45) is 0. The standard InChI is InChI=1S/C21H21ClN4O2/c22-14-20(27)25-12-10-24(11-13-25)15-19-23-18-9-5-4-8-17(18)21(28)26(19)16-6-2-1-3-7-16/h1-9H,10-15H2. The van der Waals surface area contributed by atoms with Gasteiger partial charge in [-0.3, -0.25) is 19.1 Å². The molecule has 0 aliphatic carbocycles. The fourth-order valence-electron chi connectivity index (χ4n) is 3.57. The Hall–Kier alpha value is -2.70. The van der Waals surface area contributed by atoms with Gasteiger partial charge in [-0.1, -0.05) is 30.3 Å². The highest BCUT2D eigenvalue weighted by molar-refractivity contribution is 6.27. The minimum Gasteiger partial charge on any atom is -0.339 e. The number of aromatic nitrogens is 2. The van der Waals surface area contributed by atoms with E-state index < -0.39 is 0 Å². The maximum Gasteiger partial charge on any atom is 0.266 e. The number of hydrogen-bond donors (Lipinski definition) is 0. The maximum atomic E-state index is 13.2. The fourth-order valence-corrected chi connectivity index (χ4v) is 3.74. The molecule has 1 saturated heterocycles. The second kappa shape index (κ2) is 8.12. The van der Waals surface area contributed by atoms with E-state index in [4.69, 9.17) is 16.6 Å². The van der Waals surface area contributed by atoms with Crippen LogP contribution in [0.4, 0.5) is 0 Å². The molecule has 4 rings (SSSR count). The van der Waals surface area contributed by atoms with Crippen molar-refractivity contribution in [3.05, 3.63) is 70.8 Å².